The van der Waals surface area contributed by atoms with Crippen LogP contribution in [0.5, 0.6) is 5.75 Å². The zero-order chi connectivity index (χ0) is 12.7. The third kappa shape index (κ3) is 1.48. The number of methoxy groups -OCH3 is 2. The molecule has 0 aliphatic carbocycles. The first-order chi connectivity index (χ1) is 8.74. The van der Waals surface area contributed by atoms with Gasteiger partial charge in [0.1, 0.15) is 11.4 Å². The Labute approximate surface area is 107 Å². The lowest BCUT2D eigenvalue weighted by molar-refractivity contribution is 0.0595. The van der Waals surface area contributed by atoms with Gasteiger partial charge in [0, 0.05) is 15.5 Å². The van der Waals surface area contributed by atoms with Gasteiger partial charge in [0.05, 0.1) is 19.7 Å². The average Bonchev–Trinajstić information content (AvgIpc) is 3.00. The summed E-state index contributed by atoms with van der Waals surface area (Å²) in [5.41, 5.74) is 1.31. The van der Waals surface area contributed by atoms with Crippen molar-refractivity contribution in [1.82, 2.24) is 4.98 Å². The van der Waals surface area contributed by atoms with Crippen LogP contribution in [-0.4, -0.2) is 25.2 Å². The van der Waals surface area contributed by atoms with Crippen molar-refractivity contribution in [3.05, 3.63) is 29.3 Å². The summed E-state index contributed by atoms with van der Waals surface area (Å²) in [7, 11) is 3.00. The highest BCUT2D eigenvalue weighted by Gasteiger charge is 2.15. The van der Waals surface area contributed by atoms with Crippen molar-refractivity contribution in [3.8, 4) is 5.75 Å². The van der Waals surface area contributed by atoms with Crippen LogP contribution in [0.15, 0.2) is 23.6 Å². The number of rotatable bonds is 2. The van der Waals surface area contributed by atoms with Crippen molar-refractivity contribution in [3.63, 3.8) is 0 Å². The fourth-order valence-corrected chi connectivity index (χ4v) is 2.93. The largest absolute Gasteiger partial charge is 0.495 e. The highest BCUT2D eigenvalue weighted by atomic mass is 32.1. The topological polar surface area (TPSA) is 51.3 Å². The molecule has 0 atom stereocenters. The lowest BCUT2D eigenvalue weighted by atomic mass is 10.1. The van der Waals surface area contributed by atoms with Crippen molar-refractivity contribution < 1.29 is 14.3 Å². The van der Waals surface area contributed by atoms with E-state index < -0.39 is 0 Å². The van der Waals surface area contributed by atoms with E-state index in [2.05, 4.69) is 4.98 Å². The van der Waals surface area contributed by atoms with Gasteiger partial charge < -0.3 is 14.5 Å². The minimum atomic E-state index is -0.378. The number of aromatic amines is 1. The molecule has 18 heavy (non-hydrogen) atoms. The summed E-state index contributed by atoms with van der Waals surface area (Å²) in [6, 6.07) is 5.80. The predicted octanol–water partition coefficient (Wildman–Crippen LogP) is 3.18. The molecule has 0 amide bonds. The summed E-state index contributed by atoms with van der Waals surface area (Å²) in [6.07, 6.45) is 0. The summed E-state index contributed by atoms with van der Waals surface area (Å²) >= 11 is 1.64. The molecule has 0 unspecified atom stereocenters. The van der Waals surface area contributed by atoms with E-state index in [9.17, 15) is 4.79 Å². The second-order valence-corrected chi connectivity index (χ2v) is 4.83. The van der Waals surface area contributed by atoms with Crippen LogP contribution in [0.4, 0.5) is 0 Å². The molecule has 1 aromatic carbocycles. The van der Waals surface area contributed by atoms with Gasteiger partial charge in [-0.15, -0.1) is 11.3 Å². The number of hydrogen-bond donors (Lipinski definition) is 1. The Balaban J connectivity index is 2.35. The number of ether oxygens (including phenoxy) is 2. The first kappa shape index (κ1) is 11.1. The minimum Gasteiger partial charge on any atom is -0.495 e. The van der Waals surface area contributed by atoms with E-state index in [0.29, 0.717) is 5.69 Å². The maximum Gasteiger partial charge on any atom is 0.354 e. The smallest absolute Gasteiger partial charge is 0.354 e. The van der Waals surface area contributed by atoms with Gasteiger partial charge >= 0.3 is 5.97 Å². The molecular formula is C13H11NO3S. The van der Waals surface area contributed by atoms with Gasteiger partial charge in [-0.25, -0.2) is 4.79 Å². The summed E-state index contributed by atoms with van der Waals surface area (Å²) in [6.45, 7) is 0. The monoisotopic (exact) mass is 261 g/mol. The van der Waals surface area contributed by atoms with Crippen molar-refractivity contribution in [2.45, 2.75) is 0 Å². The van der Waals surface area contributed by atoms with E-state index in [1.807, 2.05) is 17.5 Å². The second kappa shape index (κ2) is 4.03. The Kier molecular flexibility index (Phi) is 2.48. The molecular weight excluding hydrogens is 250 g/mol. The normalized spacial score (nSPS) is 11.0. The SMILES string of the molecule is COC(=O)c1cc2c(OC)c3ccsc3cc2[nH]1. The lowest BCUT2D eigenvalue weighted by Gasteiger charge is -2.03. The Bertz CT molecular complexity index is 741. The molecule has 0 aliphatic heterocycles. The number of H-pyrrole nitrogens is 1. The van der Waals surface area contributed by atoms with E-state index in [-0.39, 0.29) is 5.97 Å². The number of esters is 1. The van der Waals surface area contributed by atoms with Gasteiger partial charge in [-0.2, -0.15) is 0 Å². The van der Waals surface area contributed by atoms with E-state index in [0.717, 1.165) is 26.7 Å². The second-order valence-electron chi connectivity index (χ2n) is 3.88. The number of fused-ring (bicyclic) bond motifs is 2. The van der Waals surface area contributed by atoms with E-state index in [4.69, 9.17) is 9.47 Å². The third-order valence-corrected chi connectivity index (χ3v) is 3.78. The van der Waals surface area contributed by atoms with Gasteiger partial charge in [0.25, 0.3) is 0 Å². The fourth-order valence-electron chi connectivity index (χ4n) is 2.11. The van der Waals surface area contributed by atoms with Crippen LogP contribution in [0.2, 0.25) is 0 Å². The summed E-state index contributed by atoms with van der Waals surface area (Å²) in [4.78, 5) is 14.6. The quantitative estimate of drug-likeness (QED) is 0.721. The molecule has 92 valence electrons. The summed E-state index contributed by atoms with van der Waals surface area (Å²) in [5.74, 6) is 0.409. The fraction of sp³-hybridized carbons (Fsp3) is 0.154. The standard InChI is InChI=1S/C13H11NO3S/c1-16-12-7-3-4-18-11(7)6-9-8(12)5-10(14-9)13(15)17-2/h3-6,14H,1-2H3. The molecule has 3 rings (SSSR count). The highest BCUT2D eigenvalue weighted by Crippen LogP contribution is 2.37. The Hall–Kier alpha value is -2.01. The molecule has 2 heterocycles. The first-order valence-corrected chi connectivity index (χ1v) is 6.28. The zero-order valence-corrected chi connectivity index (χ0v) is 10.8. The minimum absolute atomic E-state index is 0.378. The van der Waals surface area contributed by atoms with Crippen molar-refractivity contribution in [2.24, 2.45) is 0 Å². The highest BCUT2D eigenvalue weighted by molar-refractivity contribution is 7.17. The van der Waals surface area contributed by atoms with Gasteiger partial charge in [0.2, 0.25) is 0 Å². The Morgan fingerprint density at radius 2 is 2.11 bits per heavy atom. The lowest BCUT2D eigenvalue weighted by Crippen LogP contribution is -2.00. The van der Waals surface area contributed by atoms with E-state index in [1.165, 1.54) is 7.11 Å². The molecule has 0 aliphatic rings. The molecule has 3 aromatic rings. The maximum atomic E-state index is 11.5. The molecule has 2 aromatic heterocycles. The number of carbonyl (C=O) groups is 1. The number of benzene rings is 1. The van der Waals surface area contributed by atoms with E-state index in [1.54, 1.807) is 24.5 Å². The Morgan fingerprint density at radius 3 is 2.83 bits per heavy atom. The number of aromatic nitrogens is 1. The number of thiophene rings is 1. The molecule has 0 saturated carbocycles. The molecule has 0 radical (unpaired) electrons. The van der Waals surface area contributed by atoms with Crippen molar-refractivity contribution >= 4 is 38.3 Å². The maximum absolute atomic E-state index is 11.5. The van der Waals surface area contributed by atoms with Crippen LogP contribution in [0.3, 0.4) is 0 Å². The zero-order valence-electron chi connectivity index (χ0n) is 9.94. The van der Waals surface area contributed by atoms with Crippen LogP contribution in [-0.2, 0) is 4.74 Å². The molecule has 5 heteroatoms. The molecule has 4 nitrogen and oxygen atoms in total. The predicted molar refractivity (Wildman–Crippen MR) is 71.6 cm³/mol. The molecule has 0 fully saturated rings. The molecule has 0 spiro atoms. The Morgan fingerprint density at radius 1 is 1.28 bits per heavy atom. The molecule has 0 saturated heterocycles. The summed E-state index contributed by atoms with van der Waals surface area (Å²) < 4.78 is 11.3. The van der Waals surface area contributed by atoms with Gasteiger partial charge in [-0.05, 0) is 23.6 Å². The van der Waals surface area contributed by atoms with Crippen LogP contribution in [0.25, 0.3) is 21.0 Å². The van der Waals surface area contributed by atoms with E-state index >= 15 is 0 Å². The third-order valence-electron chi connectivity index (χ3n) is 2.92. The van der Waals surface area contributed by atoms with Crippen LogP contribution >= 0.6 is 11.3 Å². The molecule has 1 N–H and O–H groups in total. The average molecular weight is 261 g/mol. The van der Waals surface area contributed by atoms with Gasteiger partial charge in [-0.1, -0.05) is 0 Å². The van der Waals surface area contributed by atoms with Gasteiger partial charge in [-0.3, -0.25) is 0 Å². The van der Waals surface area contributed by atoms with Crippen LogP contribution < -0.4 is 4.74 Å². The number of carbonyl (C=O) groups excluding carboxylic acids is 1. The van der Waals surface area contributed by atoms with Crippen molar-refractivity contribution in [1.29, 1.82) is 0 Å². The van der Waals surface area contributed by atoms with Gasteiger partial charge in [0.15, 0.2) is 0 Å². The number of hydrogen-bond acceptors (Lipinski definition) is 4. The van der Waals surface area contributed by atoms with Crippen molar-refractivity contribution in [2.75, 3.05) is 14.2 Å². The summed E-state index contributed by atoms with van der Waals surface area (Å²) in [5, 5.41) is 3.97. The van der Waals surface area contributed by atoms with Crippen LogP contribution in [0.1, 0.15) is 10.5 Å². The van der Waals surface area contributed by atoms with Crippen LogP contribution in [0, 0.1) is 0 Å². The molecule has 0 bridgehead atoms. The number of nitrogens with one attached hydrogen (secondary N) is 1. The first-order valence-electron chi connectivity index (χ1n) is 5.40.